The Bertz CT molecular complexity index is 620. The normalized spacial score (nSPS) is 12.7. The SMILES string of the molecule is Cc1cnc(C(Cc2c(C)nn(C)c2Cl)NN)c(C)c1. The second kappa shape index (κ2) is 5.91. The molecule has 0 aliphatic carbocycles. The van der Waals surface area contributed by atoms with Gasteiger partial charge in [0.2, 0.25) is 0 Å². The Hall–Kier alpha value is -1.43. The summed E-state index contributed by atoms with van der Waals surface area (Å²) in [6, 6.07) is 2.01. The lowest BCUT2D eigenvalue weighted by Crippen LogP contribution is -2.31. The highest BCUT2D eigenvalue weighted by molar-refractivity contribution is 6.30. The maximum absolute atomic E-state index is 6.28. The molecule has 108 valence electrons. The molecule has 5 nitrogen and oxygen atoms in total. The summed E-state index contributed by atoms with van der Waals surface area (Å²) in [6.45, 7) is 6.01. The van der Waals surface area contributed by atoms with E-state index in [4.69, 9.17) is 17.4 Å². The third kappa shape index (κ3) is 2.85. The molecule has 2 aromatic rings. The van der Waals surface area contributed by atoms with Gasteiger partial charge in [-0.1, -0.05) is 17.7 Å². The van der Waals surface area contributed by atoms with Crippen molar-refractivity contribution in [2.24, 2.45) is 12.9 Å². The number of nitrogens with one attached hydrogen (secondary N) is 1. The van der Waals surface area contributed by atoms with Crippen molar-refractivity contribution in [2.45, 2.75) is 33.2 Å². The van der Waals surface area contributed by atoms with Crippen LogP contribution >= 0.6 is 11.6 Å². The standard InChI is InChI=1S/C14H20ClN5/c1-8-5-9(2)13(17-7-8)12(18-16)6-11-10(3)19-20(4)14(11)15/h5,7,12,18H,6,16H2,1-4H3. The lowest BCUT2D eigenvalue weighted by molar-refractivity contribution is 0.534. The van der Waals surface area contributed by atoms with Gasteiger partial charge in [0.15, 0.2) is 0 Å². The minimum Gasteiger partial charge on any atom is -0.271 e. The highest BCUT2D eigenvalue weighted by Gasteiger charge is 2.20. The summed E-state index contributed by atoms with van der Waals surface area (Å²) in [6.07, 6.45) is 2.51. The number of rotatable bonds is 4. The van der Waals surface area contributed by atoms with Gasteiger partial charge in [0.05, 0.1) is 17.4 Å². The van der Waals surface area contributed by atoms with Crippen LogP contribution in [0.3, 0.4) is 0 Å². The molecule has 0 saturated heterocycles. The first-order valence-corrected chi connectivity index (χ1v) is 6.89. The third-order valence-corrected chi connectivity index (χ3v) is 3.94. The van der Waals surface area contributed by atoms with Crippen molar-refractivity contribution in [1.82, 2.24) is 20.2 Å². The number of hydrogen-bond donors (Lipinski definition) is 2. The maximum atomic E-state index is 6.28. The molecule has 0 amide bonds. The maximum Gasteiger partial charge on any atom is 0.130 e. The molecule has 0 spiro atoms. The first-order valence-electron chi connectivity index (χ1n) is 6.51. The Labute approximate surface area is 124 Å². The average molecular weight is 294 g/mol. The summed E-state index contributed by atoms with van der Waals surface area (Å²) >= 11 is 6.28. The van der Waals surface area contributed by atoms with Gasteiger partial charge < -0.3 is 0 Å². The molecule has 0 fully saturated rings. The Morgan fingerprint density at radius 3 is 2.60 bits per heavy atom. The van der Waals surface area contributed by atoms with Gasteiger partial charge in [-0.25, -0.2) is 0 Å². The molecule has 2 aromatic heterocycles. The summed E-state index contributed by atoms with van der Waals surface area (Å²) in [4.78, 5) is 4.50. The second-order valence-corrected chi connectivity index (χ2v) is 5.47. The van der Waals surface area contributed by atoms with Gasteiger partial charge in [-0.05, 0) is 38.3 Å². The van der Waals surface area contributed by atoms with Crippen LogP contribution in [-0.2, 0) is 13.5 Å². The van der Waals surface area contributed by atoms with E-state index in [1.165, 1.54) is 0 Å². The molecule has 0 aromatic carbocycles. The van der Waals surface area contributed by atoms with Crippen LogP contribution in [0.1, 0.15) is 34.1 Å². The Balaban J connectivity index is 2.33. The molecular formula is C14H20ClN5. The van der Waals surface area contributed by atoms with Crippen LogP contribution in [0, 0.1) is 20.8 Å². The summed E-state index contributed by atoms with van der Waals surface area (Å²) < 4.78 is 1.68. The molecule has 0 bridgehead atoms. The quantitative estimate of drug-likeness (QED) is 0.669. The number of aromatic nitrogens is 3. The molecule has 20 heavy (non-hydrogen) atoms. The molecule has 0 radical (unpaired) electrons. The number of nitrogens with zero attached hydrogens (tertiary/aromatic N) is 3. The van der Waals surface area contributed by atoms with Crippen molar-refractivity contribution >= 4 is 11.6 Å². The minimum atomic E-state index is -0.0870. The van der Waals surface area contributed by atoms with E-state index in [0.29, 0.717) is 11.6 Å². The van der Waals surface area contributed by atoms with Crippen molar-refractivity contribution in [1.29, 1.82) is 0 Å². The van der Waals surface area contributed by atoms with Crippen molar-refractivity contribution in [3.05, 3.63) is 45.5 Å². The van der Waals surface area contributed by atoms with Crippen LogP contribution in [0.4, 0.5) is 0 Å². The van der Waals surface area contributed by atoms with Crippen LogP contribution < -0.4 is 11.3 Å². The number of hydrogen-bond acceptors (Lipinski definition) is 4. The van der Waals surface area contributed by atoms with Crippen LogP contribution in [0.5, 0.6) is 0 Å². The second-order valence-electron chi connectivity index (χ2n) is 5.12. The van der Waals surface area contributed by atoms with E-state index < -0.39 is 0 Å². The third-order valence-electron chi connectivity index (χ3n) is 3.46. The van der Waals surface area contributed by atoms with E-state index in [2.05, 4.69) is 21.6 Å². The largest absolute Gasteiger partial charge is 0.271 e. The smallest absolute Gasteiger partial charge is 0.130 e. The first kappa shape index (κ1) is 15.0. The monoisotopic (exact) mass is 293 g/mol. The van der Waals surface area contributed by atoms with Crippen LogP contribution in [0.2, 0.25) is 5.15 Å². The molecule has 3 N–H and O–H groups in total. The van der Waals surface area contributed by atoms with Crippen LogP contribution in [-0.4, -0.2) is 14.8 Å². The van der Waals surface area contributed by atoms with E-state index in [9.17, 15) is 0 Å². The average Bonchev–Trinajstić information content (AvgIpc) is 2.62. The van der Waals surface area contributed by atoms with E-state index >= 15 is 0 Å². The summed E-state index contributed by atoms with van der Waals surface area (Å²) in [5, 5.41) is 4.97. The summed E-state index contributed by atoms with van der Waals surface area (Å²) in [5.74, 6) is 5.71. The molecule has 1 atom stereocenters. The van der Waals surface area contributed by atoms with E-state index in [1.54, 1.807) is 4.68 Å². The zero-order valence-electron chi connectivity index (χ0n) is 12.2. The van der Waals surface area contributed by atoms with Crippen LogP contribution in [0.15, 0.2) is 12.3 Å². The fourth-order valence-electron chi connectivity index (χ4n) is 2.44. The van der Waals surface area contributed by atoms with Crippen molar-refractivity contribution < 1.29 is 0 Å². The fraction of sp³-hybridized carbons (Fsp3) is 0.429. The van der Waals surface area contributed by atoms with Crippen molar-refractivity contribution in [2.75, 3.05) is 0 Å². The Morgan fingerprint density at radius 1 is 1.40 bits per heavy atom. The highest BCUT2D eigenvalue weighted by Crippen LogP contribution is 2.26. The molecule has 0 aliphatic heterocycles. The zero-order valence-corrected chi connectivity index (χ0v) is 13.0. The van der Waals surface area contributed by atoms with Gasteiger partial charge in [-0.3, -0.25) is 20.9 Å². The molecule has 0 saturated carbocycles. The van der Waals surface area contributed by atoms with E-state index in [1.807, 2.05) is 34.0 Å². The van der Waals surface area contributed by atoms with E-state index in [-0.39, 0.29) is 6.04 Å². The van der Waals surface area contributed by atoms with Crippen LogP contribution in [0.25, 0.3) is 0 Å². The topological polar surface area (TPSA) is 68.8 Å². The minimum absolute atomic E-state index is 0.0870. The first-order chi connectivity index (χ1) is 9.43. The van der Waals surface area contributed by atoms with Gasteiger partial charge in [0.1, 0.15) is 5.15 Å². The van der Waals surface area contributed by atoms with Gasteiger partial charge in [-0.15, -0.1) is 0 Å². The Kier molecular flexibility index (Phi) is 4.42. The molecule has 2 heterocycles. The predicted molar refractivity (Wildman–Crippen MR) is 80.4 cm³/mol. The van der Waals surface area contributed by atoms with Gasteiger partial charge in [0, 0.05) is 18.8 Å². The van der Waals surface area contributed by atoms with Gasteiger partial charge in [0.25, 0.3) is 0 Å². The van der Waals surface area contributed by atoms with Crippen molar-refractivity contribution in [3.8, 4) is 0 Å². The lowest BCUT2D eigenvalue weighted by atomic mass is 10.0. The number of aryl methyl sites for hydroxylation is 4. The van der Waals surface area contributed by atoms with Gasteiger partial charge in [-0.2, -0.15) is 5.10 Å². The Morgan fingerprint density at radius 2 is 2.10 bits per heavy atom. The predicted octanol–water partition coefficient (Wildman–Crippen LogP) is 2.14. The lowest BCUT2D eigenvalue weighted by Gasteiger charge is -2.17. The summed E-state index contributed by atoms with van der Waals surface area (Å²) in [5.41, 5.74) is 7.95. The number of nitrogens with two attached hydrogens (primary N) is 1. The van der Waals surface area contributed by atoms with Crippen molar-refractivity contribution in [3.63, 3.8) is 0 Å². The number of pyridine rings is 1. The number of hydrazine groups is 1. The molecule has 2 rings (SSSR count). The highest BCUT2D eigenvalue weighted by atomic mass is 35.5. The summed E-state index contributed by atoms with van der Waals surface area (Å²) in [7, 11) is 1.83. The van der Waals surface area contributed by atoms with E-state index in [0.717, 1.165) is 28.1 Å². The molecule has 6 heteroatoms. The fourth-order valence-corrected chi connectivity index (χ4v) is 2.69. The van der Waals surface area contributed by atoms with Gasteiger partial charge >= 0.3 is 0 Å². The molecule has 1 unspecified atom stereocenters. The zero-order chi connectivity index (χ0) is 14.9. The number of halogens is 1. The molecule has 0 aliphatic rings. The molecular weight excluding hydrogens is 274 g/mol.